The molecule has 0 aliphatic heterocycles. The first-order valence-corrected chi connectivity index (χ1v) is 4.76. The maximum Gasteiger partial charge on any atom is 0.165 e. The van der Waals surface area contributed by atoms with E-state index in [1.807, 2.05) is 13.8 Å². The third-order valence-electron chi connectivity index (χ3n) is 2.48. The van der Waals surface area contributed by atoms with Gasteiger partial charge in [-0.25, -0.2) is 4.39 Å². The molecule has 0 radical (unpaired) electrons. The minimum Gasteiger partial charge on any atom is -0.505 e. The normalized spacial score (nSPS) is 12.9. The Hall–Kier alpha value is -1.09. The number of aromatic hydroxyl groups is 1. The van der Waals surface area contributed by atoms with E-state index < -0.39 is 5.82 Å². The summed E-state index contributed by atoms with van der Waals surface area (Å²) in [5.74, 6) is -0.698. The van der Waals surface area contributed by atoms with Crippen LogP contribution in [-0.2, 0) is 0 Å². The number of hydrogen-bond acceptors (Lipinski definition) is 2. The van der Waals surface area contributed by atoms with Gasteiger partial charge in [0, 0.05) is 5.56 Å². The summed E-state index contributed by atoms with van der Waals surface area (Å²) < 4.78 is 13.1. The lowest BCUT2D eigenvalue weighted by Gasteiger charge is -2.15. The largest absolute Gasteiger partial charge is 0.505 e. The van der Waals surface area contributed by atoms with Gasteiger partial charge in [0.2, 0.25) is 0 Å². The highest BCUT2D eigenvalue weighted by Gasteiger charge is 2.15. The van der Waals surface area contributed by atoms with Gasteiger partial charge in [0.25, 0.3) is 0 Å². The average molecular weight is 197 g/mol. The zero-order valence-corrected chi connectivity index (χ0v) is 8.55. The Morgan fingerprint density at radius 1 is 1.50 bits per heavy atom. The van der Waals surface area contributed by atoms with Crippen LogP contribution in [0.2, 0.25) is 0 Å². The zero-order chi connectivity index (χ0) is 10.7. The number of phenols is 1. The molecular weight excluding hydrogens is 181 g/mol. The third-order valence-corrected chi connectivity index (χ3v) is 2.48. The van der Waals surface area contributed by atoms with Gasteiger partial charge in [0.05, 0.1) is 0 Å². The summed E-state index contributed by atoms with van der Waals surface area (Å²) in [7, 11) is 0. The van der Waals surface area contributed by atoms with E-state index in [4.69, 9.17) is 5.73 Å². The van der Waals surface area contributed by atoms with Crippen molar-refractivity contribution in [1.82, 2.24) is 0 Å². The van der Waals surface area contributed by atoms with E-state index in [1.54, 1.807) is 6.07 Å². The van der Waals surface area contributed by atoms with Crippen LogP contribution in [0, 0.1) is 12.7 Å². The van der Waals surface area contributed by atoms with Crippen LogP contribution < -0.4 is 5.73 Å². The zero-order valence-electron chi connectivity index (χ0n) is 8.55. The molecule has 1 unspecified atom stereocenters. The first-order chi connectivity index (χ1) is 6.57. The van der Waals surface area contributed by atoms with Gasteiger partial charge in [0.1, 0.15) is 0 Å². The van der Waals surface area contributed by atoms with E-state index in [1.165, 1.54) is 6.07 Å². The van der Waals surface area contributed by atoms with Crippen LogP contribution in [-0.4, -0.2) is 11.7 Å². The van der Waals surface area contributed by atoms with Crippen molar-refractivity contribution in [3.8, 4) is 5.75 Å². The molecule has 0 aliphatic rings. The van der Waals surface area contributed by atoms with E-state index >= 15 is 0 Å². The predicted molar refractivity (Wildman–Crippen MR) is 54.9 cm³/mol. The first-order valence-electron chi connectivity index (χ1n) is 4.76. The summed E-state index contributed by atoms with van der Waals surface area (Å²) in [6.07, 6.45) is 0.748. The molecule has 3 heteroatoms. The molecule has 0 bridgehead atoms. The lowest BCUT2D eigenvalue weighted by atomic mass is 9.92. The van der Waals surface area contributed by atoms with Crippen molar-refractivity contribution in [3.05, 3.63) is 29.1 Å². The fourth-order valence-corrected chi connectivity index (χ4v) is 1.70. The molecule has 0 aromatic heterocycles. The number of nitrogens with two attached hydrogens (primary N) is 1. The number of rotatable bonds is 3. The summed E-state index contributed by atoms with van der Waals surface area (Å²) in [6.45, 7) is 4.34. The number of benzene rings is 1. The van der Waals surface area contributed by atoms with Crippen molar-refractivity contribution in [2.24, 2.45) is 5.73 Å². The highest BCUT2D eigenvalue weighted by atomic mass is 19.1. The molecule has 0 fully saturated rings. The molecule has 0 saturated carbocycles. The van der Waals surface area contributed by atoms with Crippen LogP contribution in [0.1, 0.15) is 30.4 Å². The van der Waals surface area contributed by atoms with Crippen LogP contribution in [0.4, 0.5) is 4.39 Å². The van der Waals surface area contributed by atoms with Crippen LogP contribution in [0.15, 0.2) is 12.1 Å². The summed E-state index contributed by atoms with van der Waals surface area (Å²) >= 11 is 0. The lowest BCUT2D eigenvalue weighted by molar-refractivity contribution is 0.419. The Morgan fingerprint density at radius 3 is 2.71 bits per heavy atom. The summed E-state index contributed by atoms with van der Waals surface area (Å²) in [4.78, 5) is 0. The van der Waals surface area contributed by atoms with Crippen molar-refractivity contribution >= 4 is 0 Å². The minimum absolute atomic E-state index is 0.0932. The van der Waals surface area contributed by atoms with Crippen LogP contribution in [0.25, 0.3) is 0 Å². The monoisotopic (exact) mass is 197 g/mol. The standard InChI is InChI=1S/C11H16FNO/c1-7-3-4-9(12)11(14)10(7)8(2)5-6-13/h3-4,8,14H,5-6,13H2,1-2H3. The Kier molecular flexibility index (Phi) is 3.47. The smallest absolute Gasteiger partial charge is 0.165 e. The topological polar surface area (TPSA) is 46.2 Å². The first kappa shape index (κ1) is 11.0. The molecule has 0 spiro atoms. The van der Waals surface area contributed by atoms with Gasteiger partial charge in [-0.3, -0.25) is 0 Å². The van der Waals surface area contributed by atoms with E-state index in [0.29, 0.717) is 12.1 Å². The molecule has 3 N–H and O–H groups in total. The Morgan fingerprint density at radius 2 is 2.14 bits per heavy atom. The average Bonchev–Trinajstić information content (AvgIpc) is 2.13. The third kappa shape index (κ3) is 2.04. The maximum atomic E-state index is 13.1. The minimum atomic E-state index is -0.561. The number of hydrogen-bond donors (Lipinski definition) is 2. The van der Waals surface area contributed by atoms with Gasteiger partial charge < -0.3 is 10.8 Å². The number of halogens is 1. The van der Waals surface area contributed by atoms with Gasteiger partial charge in [-0.15, -0.1) is 0 Å². The van der Waals surface area contributed by atoms with Gasteiger partial charge in [-0.2, -0.15) is 0 Å². The summed E-state index contributed by atoms with van der Waals surface area (Å²) in [5.41, 5.74) is 7.01. The van der Waals surface area contributed by atoms with Crippen molar-refractivity contribution in [2.45, 2.75) is 26.2 Å². The second-order valence-corrected chi connectivity index (χ2v) is 3.60. The van der Waals surface area contributed by atoms with Crippen molar-refractivity contribution in [2.75, 3.05) is 6.54 Å². The molecular formula is C11H16FNO. The van der Waals surface area contributed by atoms with E-state index in [-0.39, 0.29) is 11.7 Å². The second kappa shape index (κ2) is 4.42. The van der Waals surface area contributed by atoms with Crippen molar-refractivity contribution in [3.63, 3.8) is 0 Å². The molecule has 1 atom stereocenters. The molecule has 14 heavy (non-hydrogen) atoms. The molecule has 1 aromatic carbocycles. The molecule has 0 amide bonds. The van der Waals surface area contributed by atoms with E-state index in [2.05, 4.69) is 0 Å². The molecule has 1 aromatic rings. The lowest BCUT2D eigenvalue weighted by Crippen LogP contribution is -2.06. The Bertz CT molecular complexity index is 325. The van der Waals surface area contributed by atoms with Gasteiger partial charge in [-0.05, 0) is 37.4 Å². The molecule has 2 nitrogen and oxygen atoms in total. The highest BCUT2D eigenvalue weighted by Crippen LogP contribution is 2.32. The molecule has 0 heterocycles. The quantitative estimate of drug-likeness (QED) is 0.781. The molecule has 1 rings (SSSR count). The maximum absolute atomic E-state index is 13.1. The van der Waals surface area contributed by atoms with E-state index in [0.717, 1.165) is 12.0 Å². The van der Waals surface area contributed by atoms with Gasteiger partial charge >= 0.3 is 0 Å². The van der Waals surface area contributed by atoms with Crippen LogP contribution in [0.5, 0.6) is 5.75 Å². The summed E-state index contributed by atoms with van der Waals surface area (Å²) in [5, 5.41) is 9.56. The molecule has 0 aliphatic carbocycles. The number of aryl methyl sites for hydroxylation is 1. The predicted octanol–water partition coefficient (Wildman–Crippen LogP) is 2.29. The molecule has 0 saturated heterocycles. The molecule has 78 valence electrons. The number of phenolic OH excluding ortho intramolecular Hbond substituents is 1. The Balaban J connectivity index is 3.11. The van der Waals surface area contributed by atoms with Crippen LogP contribution in [0.3, 0.4) is 0 Å². The Labute approximate surface area is 83.6 Å². The fourth-order valence-electron chi connectivity index (χ4n) is 1.70. The van der Waals surface area contributed by atoms with Gasteiger partial charge in [0.15, 0.2) is 11.6 Å². The van der Waals surface area contributed by atoms with E-state index in [9.17, 15) is 9.50 Å². The highest BCUT2D eigenvalue weighted by molar-refractivity contribution is 5.42. The summed E-state index contributed by atoms with van der Waals surface area (Å²) in [6, 6.07) is 2.96. The second-order valence-electron chi connectivity index (χ2n) is 3.60. The van der Waals surface area contributed by atoms with Crippen molar-refractivity contribution in [1.29, 1.82) is 0 Å². The van der Waals surface area contributed by atoms with Gasteiger partial charge in [-0.1, -0.05) is 13.0 Å². The van der Waals surface area contributed by atoms with Crippen molar-refractivity contribution < 1.29 is 9.50 Å². The fraction of sp³-hybridized carbons (Fsp3) is 0.455. The van der Waals surface area contributed by atoms with Crippen LogP contribution >= 0.6 is 0 Å². The SMILES string of the molecule is Cc1ccc(F)c(O)c1C(C)CCN.